The maximum atomic E-state index is 5.76. The molecule has 2 nitrogen and oxygen atoms in total. The molecule has 0 amide bonds. The lowest BCUT2D eigenvalue weighted by molar-refractivity contribution is -0.0404. The lowest BCUT2D eigenvalue weighted by atomic mass is 9.82. The molecule has 0 aromatic rings. The van der Waals surface area contributed by atoms with Gasteiger partial charge in [0.25, 0.3) is 0 Å². The maximum Gasteiger partial charge on any atom is 0.0650 e. The molecule has 0 aromatic carbocycles. The van der Waals surface area contributed by atoms with Crippen molar-refractivity contribution < 1.29 is 4.74 Å². The first-order valence-electron chi connectivity index (χ1n) is 4.92. The zero-order chi connectivity index (χ0) is 9.73. The van der Waals surface area contributed by atoms with Crippen molar-refractivity contribution in [1.29, 1.82) is 0 Å². The van der Waals surface area contributed by atoms with Gasteiger partial charge in [-0.15, -0.1) is 12.3 Å². The minimum atomic E-state index is 0.243. The van der Waals surface area contributed by atoms with Gasteiger partial charge >= 0.3 is 0 Å². The molecule has 2 heteroatoms. The Morgan fingerprint density at radius 2 is 2.38 bits per heavy atom. The fourth-order valence-corrected chi connectivity index (χ4v) is 1.72. The molecule has 0 aromatic heterocycles. The third-order valence-electron chi connectivity index (χ3n) is 2.60. The van der Waals surface area contributed by atoms with Gasteiger partial charge in [-0.05, 0) is 13.0 Å². The summed E-state index contributed by atoms with van der Waals surface area (Å²) in [4.78, 5) is 0. The number of nitrogens with one attached hydrogen (secondary N) is 1. The van der Waals surface area contributed by atoms with E-state index in [1.54, 1.807) is 0 Å². The Morgan fingerprint density at radius 1 is 1.62 bits per heavy atom. The molecule has 1 N–H and O–H groups in total. The van der Waals surface area contributed by atoms with Crippen LogP contribution in [0.15, 0.2) is 0 Å². The van der Waals surface area contributed by atoms with E-state index in [0.29, 0.717) is 12.7 Å². The van der Waals surface area contributed by atoms with Crippen molar-refractivity contribution in [3.8, 4) is 12.3 Å². The van der Waals surface area contributed by atoms with Crippen LogP contribution in [0.1, 0.15) is 26.7 Å². The molecule has 1 atom stereocenters. The molecule has 1 aliphatic heterocycles. The molecule has 0 radical (unpaired) electrons. The molecule has 1 heterocycles. The van der Waals surface area contributed by atoms with Crippen molar-refractivity contribution in [3.05, 3.63) is 0 Å². The first-order chi connectivity index (χ1) is 6.17. The van der Waals surface area contributed by atoms with E-state index in [4.69, 9.17) is 11.2 Å². The largest absolute Gasteiger partial charge is 0.377 e. The summed E-state index contributed by atoms with van der Waals surface area (Å²) in [6.07, 6.45) is 7.35. The van der Waals surface area contributed by atoms with E-state index in [1.165, 1.54) is 0 Å². The Bertz CT molecular complexity index is 193. The third kappa shape index (κ3) is 3.02. The van der Waals surface area contributed by atoms with Crippen molar-refractivity contribution in [2.75, 3.05) is 19.7 Å². The van der Waals surface area contributed by atoms with E-state index in [-0.39, 0.29) is 5.41 Å². The predicted octanol–water partition coefficient (Wildman–Crippen LogP) is 1.41. The van der Waals surface area contributed by atoms with Gasteiger partial charge in [0.2, 0.25) is 0 Å². The molecular weight excluding hydrogens is 162 g/mol. The second-order valence-corrected chi connectivity index (χ2v) is 4.27. The van der Waals surface area contributed by atoms with E-state index in [9.17, 15) is 0 Å². The van der Waals surface area contributed by atoms with Crippen LogP contribution in [0.3, 0.4) is 0 Å². The van der Waals surface area contributed by atoms with E-state index < -0.39 is 0 Å². The van der Waals surface area contributed by atoms with Crippen LogP contribution in [0.2, 0.25) is 0 Å². The Morgan fingerprint density at radius 3 is 3.00 bits per heavy atom. The highest BCUT2D eigenvalue weighted by atomic mass is 16.5. The van der Waals surface area contributed by atoms with Gasteiger partial charge in [0.15, 0.2) is 0 Å². The zero-order valence-corrected chi connectivity index (χ0v) is 8.60. The molecule has 74 valence electrons. The summed E-state index contributed by atoms with van der Waals surface area (Å²) in [5, 5.41) is 3.38. The van der Waals surface area contributed by atoms with E-state index in [0.717, 1.165) is 25.9 Å². The summed E-state index contributed by atoms with van der Waals surface area (Å²) in [6, 6.07) is 0. The van der Waals surface area contributed by atoms with Gasteiger partial charge in [0.05, 0.1) is 12.7 Å². The van der Waals surface area contributed by atoms with E-state index >= 15 is 0 Å². The van der Waals surface area contributed by atoms with Crippen LogP contribution in [-0.2, 0) is 4.74 Å². The van der Waals surface area contributed by atoms with Crippen molar-refractivity contribution in [1.82, 2.24) is 5.32 Å². The number of piperidine rings is 1. The monoisotopic (exact) mass is 181 g/mol. The van der Waals surface area contributed by atoms with Crippen LogP contribution in [0.5, 0.6) is 0 Å². The molecule has 0 bridgehead atoms. The lowest BCUT2D eigenvalue weighted by Gasteiger charge is -2.38. The summed E-state index contributed by atoms with van der Waals surface area (Å²) in [5.74, 6) is 2.59. The van der Waals surface area contributed by atoms with Gasteiger partial charge in [0, 0.05) is 18.4 Å². The van der Waals surface area contributed by atoms with Gasteiger partial charge in [-0.3, -0.25) is 0 Å². The average Bonchev–Trinajstić information content (AvgIpc) is 2.08. The Hall–Kier alpha value is -0.520. The van der Waals surface area contributed by atoms with E-state index in [1.807, 2.05) is 0 Å². The molecule has 0 aliphatic carbocycles. The number of hydrogen-bond donors (Lipinski definition) is 1. The number of ether oxygens (including phenoxy) is 1. The van der Waals surface area contributed by atoms with Crippen LogP contribution in [0, 0.1) is 17.8 Å². The molecule has 13 heavy (non-hydrogen) atoms. The summed E-state index contributed by atoms with van der Waals surface area (Å²) >= 11 is 0. The molecule has 1 fully saturated rings. The second-order valence-electron chi connectivity index (χ2n) is 4.27. The van der Waals surface area contributed by atoms with Crippen LogP contribution in [-0.4, -0.2) is 25.8 Å². The summed E-state index contributed by atoms with van der Waals surface area (Å²) in [5.41, 5.74) is 0.243. The third-order valence-corrected chi connectivity index (χ3v) is 2.60. The smallest absolute Gasteiger partial charge is 0.0650 e. The van der Waals surface area contributed by atoms with E-state index in [2.05, 4.69) is 25.1 Å². The van der Waals surface area contributed by atoms with Gasteiger partial charge in [-0.2, -0.15) is 0 Å². The van der Waals surface area contributed by atoms with Crippen LogP contribution in [0.4, 0.5) is 0 Å². The van der Waals surface area contributed by atoms with Crippen molar-refractivity contribution in [3.63, 3.8) is 0 Å². The standard InChI is InChI=1S/C11H19NO/c1-4-5-8-13-10-6-7-12-9-11(10,2)3/h1,10,12H,5-9H2,2-3H3. The van der Waals surface area contributed by atoms with Gasteiger partial charge in [0.1, 0.15) is 0 Å². The summed E-state index contributed by atoms with van der Waals surface area (Å²) in [6.45, 7) is 7.27. The minimum Gasteiger partial charge on any atom is -0.377 e. The highest BCUT2D eigenvalue weighted by Gasteiger charge is 2.32. The lowest BCUT2D eigenvalue weighted by Crippen LogP contribution is -2.47. The van der Waals surface area contributed by atoms with Crippen molar-refractivity contribution >= 4 is 0 Å². The first-order valence-corrected chi connectivity index (χ1v) is 4.92. The van der Waals surface area contributed by atoms with Crippen LogP contribution >= 0.6 is 0 Å². The fraction of sp³-hybridized carbons (Fsp3) is 0.818. The SMILES string of the molecule is C#CCCOC1CCNCC1(C)C. The maximum absolute atomic E-state index is 5.76. The fourth-order valence-electron chi connectivity index (χ4n) is 1.72. The normalized spacial score (nSPS) is 26.7. The Labute approximate surface area is 81.0 Å². The zero-order valence-electron chi connectivity index (χ0n) is 8.60. The van der Waals surface area contributed by atoms with Gasteiger partial charge < -0.3 is 10.1 Å². The van der Waals surface area contributed by atoms with Crippen LogP contribution in [0.25, 0.3) is 0 Å². The van der Waals surface area contributed by atoms with Gasteiger partial charge in [-0.1, -0.05) is 13.8 Å². The predicted molar refractivity (Wildman–Crippen MR) is 54.5 cm³/mol. The second kappa shape index (κ2) is 4.64. The first kappa shape index (κ1) is 10.6. The molecule has 1 unspecified atom stereocenters. The topological polar surface area (TPSA) is 21.3 Å². The summed E-state index contributed by atoms with van der Waals surface area (Å²) < 4.78 is 5.76. The molecular formula is C11H19NO. The van der Waals surface area contributed by atoms with Crippen LogP contribution < -0.4 is 5.32 Å². The molecule has 1 aliphatic rings. The Kier molecular flexibility index (Phi) is 3.77. The van der Waals surface area contributed by atoms with Crippen molar-refractivity contribution in [2.24, 2.45) is 5.41 Å². The average molecular weight is 181 g/mol. The van der Waals surface area contributed by atoms with Crippen molar-refractivity contribution in [2.45, 2.75) is 32.8 Å². The molecule has 0 saturated carbocycles. The number of terminal acetylenes is 1. The summed E-state index contributed by atoms with van der Waals surface area (Å²) in [7, 11) is 0. The molecule has 1 saturated heterocycles. The Balaban J connectivity index is 2.34. The number of hydrogen-bond acceptors (Lipinski definition) is 2. The quantitative estimate of drug-likeness (QED) is 0.525. The van der Waals surface area contributed by atoms with Gasteiger partial charge in [-0.25, -0.2) is 0 Å². The molecule has 0 spiro atoms. The highest BCUT2D eigenvalue weighted by molar-refractivity contribution is 4.87. The number of rotatable bonds is 3. The highest BCUT2D eigenvalue weighted by Crippen LogP contribution is 2.27. The minimum absolute atomic E-state index is 0.243. The molecule has 1 rings (SSSR count).